The van der Waals surface area contributed by atoms with Crippen LogP contribution in [0.5, 0.6) is 0 Å². The Kier molecular flexibility index (Phi) is 5.75. The van der Waals surface area contributed by atoms with Crippen molar-refractivity contribution >= 4 is 29.0 Å². The van der Waals surface area contributed by atoms with Crippen LogP contribution in [-0.4, -0.2) is 72.2 Å². The van der Waals surface area contributed by atoms with Crippen LogP contribution >= 0.6 is 0 Å². The molecule has 0 aliphatic carbocycles. The number of aromatic nitrogens is 2. The molecule has 2 aliphatic rings. The number of likely N-dealkylation sites (tertiary alicyclic amines) is 1. The topological polar surface area (TPSA) is 74.0 Å². The van der Waals surface area contributed by atoms with Crippen molar-refractivity contribution in [3.8, 4) is 0 Å². The maximum absolute atomic E-state index is 14.1. The number of hydrogen-bond acceptors (Lipinski definition) is 6. The summed E-state index contributed by atoms with van der Waals surface area (Å²) >= 11 is 0. The summed E-state index contributed by atoms with van der Waals surface area (Å²) < 4.78 is 15.6. The van der Waals surface area contributed by atoms with Crippen molar-refractivity contribution in [3.05, 3.63) is 41.6 Å². The number of fused-ring (bicyclic) bond motifs is 1. The van der Waals surface area contributed by atoms with Gasteiger partial charge in [0, 0.05) is 71.3 Å². The average molecular weight is 441 g/mol. The van der Waals surface area contributed by atoms with E-state index >= 15 is 0 Å². The highest BCUT2D eigenvalue weighted by Gasteiger charge is 2.32. The van der Waals surface area contributed by atoms with Crippen LogP contribution in [0.3, 0.4) is 0 Å². The molecule has 0 radical (unpaired) electrons. The molecule has 8 nitrogen and oxygen atoms in total. The van der Waals surface area contributed by atoms with Crippen LogP contribution in [0.15, 0.2) is 35.6 Å². The van der Waals surface area contributed by atoms with Crippen LogP contribution in [0.4, 0.5) is 21.6 Å². The molecule has 32 heavy (non-hydrogen) atoms. The van der Waals surface area contributed by atoms with Crippen LogP contribution in [0.2, 0.25) is 0 Å². The second-order valence-corrected chi connectivity index (χ2v) is 8.70. The van der Waals surface area contributed by atoms with Gasteiger partial charge in [-0.1, -0.05) is 0 Å². The van der Waals surface area contributed by atoms with Gasteiger partial charge < -0.3 is 14.7 Å². The van der Waals surface area contributed by atoms with Gasteiger partial charge in [-0.25, -0.2) is 9.37 Å². The van der Waals surface area contributed by atoms with Gasteiger partial charge in [-0.05, 0) is 31.9 Å². The van der Waals surface area contributed by atoms with E-state index in [2.05, 4.69) is 19.8 Å². The zero-order chi connectivity index (χ0) is 23.0. The lowest BCUT2D eigenvalue weighted by molar-refractivity contribution is 0.0503. The molecule has 0 aromatic carbocycles. The number of carbonyl (C=O) groups excluding carboxylic acids is 2. The Hall–Kier alpha value is -3.23. The van der Waals surface area contributed by atoms with Gasteiger partial charge in [0.25, 0.3) is 5.91 Å². The molecule has 170 valence electrons. The smallest absolute Gasteiger partial charge is 0.255 e. The number of carbonyl (C=O) groups is 2. The lowest BCUT2D eigenvalue weighted by Gasteiger charge is -2.37. The number of pyridine rings is 2. The zero-order valence-corrected chi connectivity index (χ0v) is 19.0. The Bertz CT molecular complexity index is 1120. The van der Waals surface area contributed by atoms with E-state index in [9.17, 15) is 14.0 Å². The van der Waals surface area contributed by atoms with E-state index in [0.717, 1.165) is 23.7 Å². The summed E-state index contributed by atoms with van der Waals surface area (Å²) in [4.78, 5) is 39.6. The first-order valence-corrected chi connectivity index (χ1v) is 10.8. The summed E-state index contributed by atoms with van der Waals surface area (Å²) in [5, 5.41) is 0. The van der Waals surface area contributed by atoms with Crippen molar-refractivity contribution in [2.75, 3.05) is 50.1 Å². The number of amides is 1. The molecule has 0 bridgehead atoms. The van der Waals surface area contributed by atoms with Crippen LogP contribution in [-0.2, 0) is 0 Å². The zero-order valence-electron chi connectivity index (χ0n) is 19.0. The third-order valence-electron chi connectivity index (χ3n) is 6.31. The predicted molar refractivity (Wildman–Crippen MR) is 121 cm³/mol. The van der Waals surface area contributed by atoms with E-state index in [1.54, 1.807) is 31.3 Å². The number of nitrogens with zero attached hydrogens (tertiary/aromatic N) is 6. The number of anilines is 3. The van der Waals surface area contributed by atoms with Gasteiger partial charge in [0.15, 0.2) is 5.82 Å². The number of halogens is 1. The minimum atomic E-state index is -1.20. The fourth-order valence-electron chi connectivity index (χ4n) is 4.22. The second-order valence-electron chi connectivity index (χ2n) is 8.70. The number of alkyl halides is 1. The molecular weight excluding hydrogens is 411 g/mol. The molecule has 2 aromatic rings. The van der Waals surface area contributed by atoms with Gasteiger partial charge >= 0.3 is 0 Å². The highest BCUT2D eigenvalue weighted by atomic mass is 19.1. The molecule has 1 saturated heterocycles. The van der Waals surface area contributed by atoms with Crippen molar-refractivity contribution in [1.82, 2.24) is 14.5 Å². The highest BCUT2D eigenvalue weighted by molar-refractivity contribution is 5.96. The predicted octanol–water partition coefficient (Wildman–Crippen LogP) is 2.63. The van der Waals surface area contributed by atoms with E-state index in [0.29, 0.717) is 43.5 Å². The highest BCUT2D eigenvalue weighted by Crippen LogP contribution is 2.36. The van der Waals surface area contributed by atoms with Crippen LogP contribution in [0, 0.1) is 0 Å². The van der Waals surface area contributed by atoms with Gasteiger partial charge in [-0.2, -0.15) is 0 Å². The molecule has 2 aliphatic heterocycles. The monoisotopic (exact) mass is 440 g/mol. The SMILES string of the molecule is CN=c1cc(N2CCN(C)c3cc(C(=O)N4CCC(C)(F)CC4)cnc32)ccn1C(C)=O. The number of likely N-dealkylation sites (N-methyl/N-ethyl adjacent to an activating group) is 1. The Morgan fingerprint density at radius 2 is 1.88 bits per heavy atom. The summed E-state index contributed by atoms with van der Waals surface area (Å²) in [6.45, 7) is 5.37. The minimum Gasteiger partial charge on any atom is -0.370 e. The quantitative estimate of drug-likeness (QED) is 0.718. The maximum Gasteiger partial charge on any atom is 0.255 e. The summed E-state index contributed by atoms with van der Waals surface area (Å²) in [6.07, 6.45) is 4.01. The van der Waals surface area contributed by atoms with Crippen LogP contribution in [0.1, 0.15) is 41.8 Å². The summed E-state index contributed by atoms with van der Waals surface area (Å²) in [7, 11) is 3.63. The van der Waals surface area contributed by atoms with Crippen molar-refractivity contribution in [3.63, 3.8) is 0 Å². The summed E-state index contributed by atoms with van der Waals surface area (Å²) in [5.41, 5.74) is 1.60. The Morgan fingerprint density at radius 1 is 1.16 bits per heavy atom. The van der Waals surface area contributed by atoms with Crippen molar-refractivity contribution in [2.45, 2.75) is 32.4 Å². The van der Waals surface area contributed by atoms with Crippen molar-refractivity contribution in [2.24, 2.45) is 4.99 Å². The number of hydrogen-bond donors (Lipinski definition) is 0. The Morgan fingerprint density at radius 3 is 2.53 bits per heavy atom. The standard InChI is InChI=1S/C23H29FN6O2/c1-16(31)29-8-5-18(14-20(29)25-3)30-12-11-27(4)19-13-17(15-26-21(19)30)22(32)28-9-6-23(2,24)7-10-28/h5,8,13-15H,6-7,9-12H2,1-4H3. The normalized spacial score (nSPS) is 18.5. The van der Waals surface area contributed by atoms with Crippen LogP contribution in [0.25, 0.3) is 0 Å². The molecule has 2 aromatic heterocycles. The van der Waals surface area contributed by atoms with Gasteiger partial charge in [-0.3, -0.25) is 19.1 Å². The van der Waals surface area contributed by atoms with Gasteiger partial charge in [0.2, 0.25) is 5.91 Å². The molecule has 4 heterocycles. The largest absolute Gasteiger partial charge is 0.370 e. The summed E-state index contributed by atoms with van der Waals surface area (Å²) in [6, 6.07) is 5.59. The fourth-order valence-corrected chi connectivity index (χ4v) is 4.22. The molecule has 0 N–H and O–H groups in total. The Labute approximate surface area is 187 Å². The van der Waals surface area contributed by atoms with Gasteiger partial charge in [0.05, 0.1) is 11.3 Å². The molecule has 0 saturated carbocycles. The first-order chi connectivity index (χ1) is 15.2. The number of rotatable bonds is 2. The first-order valence-electron chi connectivity index (χ1n) is 10.8. The maximum atomic E-state index is 14.1. The van der Waals surface area contributed by atoms with Crippen molar-refractivity contribution in [1.29, 1.82) is 0 Å². The van der Waals surface area contributed by atoms with Gasteiger partial charge in [-0.15, -0.1) is 0 Å². The molecule has 0 spiro atoms. The Balaban J connectivity index is 1.65. The molecule has 1 fully saturated rings. The average Bonchev–Trinajstić information content (AvgIpc) is 2.78. The molecule has 0 unspecified atom stereocenters. The minimum absolute atomic E-state index is 0.108. The lowest BCUT2D eigenvalue weighted by Crippen LogP contribution is -2.43. The molecular formula is C23H29FN6O2. The molecule has 9 heteroatoms. The fraction of sp³-hybridized carbons (Fsp3) is 0.478. The van der Waals surface area contributed by atoms with E-state index in [1.165, 1.54) is 11.5 Å². The van der Waals surface area contributed by atoms with E-state index < -0.39 is 5.67 Å². The van der Waals surface area contributed by atoms with E-state index in [4.69, 9.17) is 0 Å². The number of piperidine rings is 1. The lowest BCUT2D eigenvalue weighted by atomic mass is 9.95. The summed E-state index contributed by atoms with van der Waals surface area (Å²) in [5.74, 6) is 0.520. The molecule has 1 amide bonds. The second kappa shape index (κ2) is 8.37. The third kappa shape index (κ3) is 4.11. The molecule has 0 atom stereocenters. The van der Waals surface area contributed by atoms with E-state index in [1.807, 2.05) is 25.2 Å². The first kappa shape index (κ1) is 22.0. The van der Waals surface area contributed by atoms with Gasteiger partial charge in [0.1, 0.15) is 11.2 Å². The van der Waals surface area contributed by atoms with Crippen LogP contribution < -0.4 is 15.3 Å². The third-order valence-corrected chi connectivity index (χ3v) is 6.31. The molecule has 4 rings (SSSR count). The van der Waals surface area contributed by atoms with Crippen molar-refractivity contribution < 1.29 is 14.0 Å². The van der Waals surface area contributed by atoms with E-state index in [-0.39, 0.29) is 11.8 Å².